The van der Waals surface area contributed by atoms with E-state index in [1.54, 1.807) is 0 Å². The van der Waals surface area contributed by atoms with Crippen LogP contribution in [0.25, 0.3) is 0 Å². The summed E-state index contributed by atoms with van der Waals surface area (Å²) in [7, 11) is 0. The van der Waals surface area contributed by atoms with Gasteiger partial charge in [0.05, 0.1) is 6.61 Å². The molecule has 0 bridgehead atoms. The second kappa shape index (κ2) is 3.75. The second-order valence-electron chi connectivity index (χ2n) is 1.03. The topological polar surface area (TPSA) is 60.1 Å². The van der Waals surface area contributed by atoms with Crippen LogP contribution in [0.2, 0.25) is 0 Å². The van der Waals surface area contributed by atoms with Gasteiger partial charge in [-0.15, -0.1) is 0 Å². The Balaban J connectivity index is 0.000000490. The summed E-state index contributed by atoms with van der Waals surface area (Å²) in [5.74, 6) is 0.375. The fourth-order valence-corrected chi connectivity index (χ4v) is 0.283. The van der Waals surface area contributed by atoms with Crippen molar-refractivity contribution in [1.29, 1.82) is 0 Å². The Bertz CT molecular complexity index is 129. The van der Waals surface area contributed by atoms with Crippen molar-refractivity contribution in [3.05, 3.63) is 12.2 Å². The van der Waals surface area contributed by atoms with Crippen molar-refractivity contribution in [1.82, 2.24) is 15.2 Å². The van der Waals surface area contributed by atoms with Gasteiger partial charge in [0.15, 0.2) is 0 Å². The van der Waals surface area contributed by atoms with Gasteiger partial charge in [-0.1, -0.05) is 0 Å². The fourth-order valence-electron chi connectivity index (χ4n) is 0.283. The average Bonchev–Trinajstić information content (AvgIpc) is 2.14. The van der Waals surface area contributed by atoms with Crippen molar-refractivity contribution in [3.63, 3.8) is 0 Å². The molecule has 0 aromatic carbocycles. The van der Waals surface area contributed by atoms with Crippen LogP contribution < -0.4 is 5.10 Å². The third-order valence-electron chi connectivity index (χ3n) is 0.573. The Morgan fingerprint density at radius 3 is 2.75 bits per heavy atom. The quantitative estimate of drug-likeness (QED) is 0.712. The van der Waals surface area contributed by atoms with E-state index in [0.717, 1.165) is 0 Å². The predicted molar refractivity (Wildman–Crippen MR) is 21.3 cm³/mol. The van der Waals surface area contributed by atoms with E-state index in [9.17, 15) is 0 Å². The van der Waals surface area contributed by atoms with Crippen molar-refractivity contribution in [2.24, 2.45) is 0 Å². The van der Waals surface area contributed by atoms with Crippen molar-refractivity contribution in [2.75, 3.05) is 0 Å². The Morgan fingerprint density at radius 1 is 1.75 bits per heavy atom. The summed E-state index contributed by atoms with van der Waals surface area (Å²) >= 11 is 0. The zero-order valence-electron chi connectivity index (χ0n) is 3.98. The molecule has 1 heterocycles. The average molecular weight is 282 g/mol. The summed E-state index contributed by atoms with van der Waals surface area (Å²) in [6.45, 7) is -0.125. The van der Waals surface area contributed by atoms with Crippen LogP contribution in [0.3, 0.4) is 0 Å². The van der Waals surface area contributed by atoms with Gasteiger partial charge < -0.3 is 15.2 Å². The smallest absolute Gasteiger partial charge is 0.427 e. The van der Waals surface area contributed by atoms with Gasteiger partial charge in [0.25, 0.3) is 0 Å². The molecule has 0 spiro atoms. The van der Waals surface area contributed by atoms with Crippen LogP contribution in [0.1, 0.15) is 5.82 Å². The van der Waals surface area contributed by atoms with Crippen LogP contribution in [-0.2, 0) is 27.7 Å². The van der Waals surface area contributed by atoms with Gasteiger partial charge in [0.2, 0.25) is 0 Å². The Labute approximate surface area is 60.6 Å². The van der Waals surface area contributed by atoms with Crippen molar-refractivity contribution in [3.8, 4) is 0 Å². The van der Waals surface area contributed by atoms with Gasteiger partial charge in [-0.05, 0) is 5.82 Å². The standard InChI is InChI=1S/C3H4N3O.W/c7-1-3-4-2-5-6-3;/h2,7H,1H2;/q-1;+2. The Kier molecular flexibility index (Phi) is 3.65. The second-order valence-corrected chi connectivity index (χ2v) is 1.03. The third kappa shape index (κ3) is 1.72. The molecular formula is C3H4N3OW+. The van der Waals surface area contributed by atoms with Gasteiger partial charge >= 0.3 is 21.1 Å². The molecule has 0 radical (unpaired) electrons. The zero-order valence-corrected chi connectivity index (χ0v) is 6.91. The van der Waals surface area contributed by atoms with Crippen LogP contribution >= 0.6 is 0 Å². The summed E-state index contributed by atoms with van der Waals surface area (Å²) in [5, 5.41) is 15.1. The first-order valence-corrected chi connectivity index (χ1v) is 1.83. The van der Waals surface area contributed by atoms with E-state index >= 15 is 0 Å². The first-order chi connectivity index (χ1) is 3.43. The van der Waals surface area contributed by atoms with Crippen molar-refractivity contribution < 1.29 is 26.2 Å². The Morgan fingerprint density at radius 2 is 2.50 bits per heavy atom. The molecule has 1 rings (SSSR count). The molecule has 42 valence electrons. The van der Waals surface area contributed by atoms with Crippen LogP contribution in [0.5, 0.6) is 0 Å². The van der Waals surface area contributed by atoms with Crippen LogP contribution in [0.15, 0.2) is 6.33 Å². The largest absolute Gasteiger partial charge is 2.00 e. The number of rotatable bonds is 1. The molecule has 1 N–H and O–H groups in total. The number of aromatic nitrogens is 3. The van der Waals surface area contributed by atoms with Crippen molar-refractivity contribution >= 4 is 0 Å². The molecule has 8 heavy (non-hydrogen) atoms. The molecule has 0 atom stereocenters. The molecular weight excluding hydrogens is 278 g/mol. The van der Waals surface area contributed by atoms with E-state index in [2.05, 4.69) is 15.2 Å². The molecule has 0 unspecified atom stereocenters. The zero-order chi connectivity index (χ0) is 5.11. The molecule has 5 heteroatoms. The van der Waals surface area contributed by atoms with Gasteiger partial charge in [-0.25, -0.2) is 0 Å². The van der Waals surface area contributed by atoms with Gasteiger partial charge in [0.1, 0.15) is 0 Å². The van der Waals surface area contributed by atoms with E-state index in [4.69, 9.17) is 5.11 Å². The number of aliphatic hydroxyl groups is 1. The molecule has 0 fully saturated rings. The van der Waals surface area contributed by atoms with E-state index in [0.29, 0.717) is 5.82 Å². The Hall–Kier alpha value is -0.212. The summed E-state index contributed by atoms with van der Waals surface area (Å²) in [5.41, 5.74) is 0. The number of hydrogen-bond donors (Lipinski definition) is 1. The predicted octanol–water partition coefficient (Wildman–Crippen LogP) is -1.08. The van der Waals surface area contributed by atoms with Gasteiger partial charge in [-0.2, -0.15) is 0 Å². The maximum Gasteiger partial charge on any atom is 2.00 e. The van der Waals surface area contributed by atoms with Crippen molar-refractivity contribution in [2.45, 2.75) is 6.61 Å². The number of nitrogens with zero attached hydrogens (tertiary/aromatic N) is 3. The molecule has 0 saturated heterocycles. The summed E-state index contributed by atoms with van der Waals surface area (Å²) in [6.07, 6.45) is 1.30. The SMILES string of the molecule is OCc1ncn[n-]1.[W+2]. The van der Waals surface area contributed by atoms with Crippen LogP contribution in [-0.4, -0.2) is 15.2 Å². The molecule has 0 aliphatic carbocycles. The van der Waals surface area contributed by atoms with E-state index in [1.807, 2.05) is 0 Å². The maximum absolute atomic E-state index is 8.26. The van der Waals surface area contributed by atoms with E-state index in [1.165, 1.54) is 6.33 Å². The molecule has 0 aliphatic rings. The summed E-state index contributed by atoms with van der Waals surface area (Å²) in [4.78, 5) is 3.56. The molecule has 1 aromatic heterocycles. The molecule has 0 saturated carbocycles. The number of aliphatic hydroxyl groups excluding tert-OH is 1. The summed E-state index contributed by atoms with van der Waals surface area (Å²) in [6, 6.07) is 0. The fraction of sp³-hybridized carbons (Fsp3) is 0.333. The molecule has 1 aromatic rings. The third-order valence-corrected chi connectivity index (χ3v) is 0.573. The van der Waals surface area contributed by atoms with Crippen LogP contribution in [0.4, 0.5) is 0 Å². The molecule has 0 amide bonds. The first-order valence-electron chi connectivity index (χ1n) is 1.83. The maximum atomic E-state index is 8.26. The normalized spacial score (nSPS) is 8.12. The van der Waals surface area contributed by atoms with Gasteiger partial charge in [-0.3, -0.25) is 5.10 Å². The van der Waals surface area contributed by atoms with E-state index in [-0.39, 0.29) is 27.7 Å². The van der Waals surface area contributed by atoms with Gasteiger partial charge in [0, 0.05) is 6.33 Å². The number of hydrogen-bond acceptors (Lipinski definition) is 3. The minimum Gasteiger partial charge on any atom is -0.427 e. The minimum atomic E-state index is -0.125. The van der Waals surface area contributed by atoms with E-state index < -0.39 is 0 Å². The molecule has 0 aliphatic heterocycles. The monoisotopic (exact) mass is 282 g/mol. The summed E-state index contributed by atoms with van der Waals surface area (Å²) < 4.78 is 0. The minimum absolute atomic E-state index is 0. The van der Waals surface area contributed by atoms with Crippen LogP contribution in [0, 0.1) is 0 Å². The molecule has 4 nitrogen and oxygen atoms in total. The first kappa shape index (κ1) is 7.79.